The third kappa shape index (κ3) is 2.35. The quantitative estimate of drug-likeness (QED) is 0.429. The maximum Gasteiger partial charge on any atom is 0.357 e. The highest BCUT2D eigenvalue weighted by Crippen LogP contribution is 2.51. The van der Waals surface area contributed by atoms with Crippen molar-refractivity contribution in [1.29, 1.82) is 0 Å². The topological polar surface area (TPSA) is 58.6 Å². The van der Waals surface area contributed by atoms with Crippen LogP contribution in [0.1, 0.15) is 17.2 Å². The van der Waals surface area contributed by atoms with E-state index in [4.69, 9.17) is 29.8 Å². The van der Waals surface area contributed by atoms with Crippen molar-refractivity contribution < 1.29 is 14.6 Å². The van der Waals surface area contributed by atoms with E-state index in [1.54, 1.807) is 0 Å². The molecule has 2 unspecified atom stereocenters. The predicted molar refractivity (Wildman–Crippen MR) is 102 cm³/mol. The number of carbonyl (C=O) groups is 1. The van der Waals surface area contributed by atoms with Gasteiger partial charge in [0.1, 0.15) is 11.3 Å². The molecule has 0 radical (unpaired) electrons. The average molecular weight is 371 g/mol. The number of thiol groups is 1. The molecule has 0 saturated heterocycles. The van der Waals surface area contributed by atoms with E-state index < -0.39 is 12.0 Å². The SMILES string of the molecule is Cc1ccc([N+]2(S)NC(C(=O)O)=C3C(=S)Oc4ccccc4C32)cc1. The van der Waals surface area contributed by atoms with Crippen molar-refractivity contribution in [3.63, 3.8) is 0 Å². The molecule has 2 aliphatic heterocycles. The molecular formula is C18H15N2O3S2+. The van der Waals surface area contributed by atoms with Gasteiger partial charge in [-0.2, -0.15) is 0 Å². The molecule has 2 atom stereocenters. The number of ether oxygens (including phenoxy) is 1. The minimum atomic E-state index is -1.09. The highest BCUT2D eigenvalue weighted by atomic mass is 32.1. The summed E-state index contributed by atoms with van der Waals surface area (Å²) in [7, 11) is 0. The summed E-state index contributed by atoms with van der Waals surface area (Å²) in [4.78, 5) is 11.8. The average Bonchev–Trinajstić information content (AvgIpc) is 2.92. The van der Waals surface area contributed by atoms with Gasteiger partial charge in [-0.15, -0.1) is 4.00 Å². The molecule has 2 aromatic carbocycles. The minimum absolute atomic E-state index is 0.0140. The zero-order valence-corrected chi connectivity index (χ0v) is 15.0. The van der Waals surface area contributed by atoms with Crippen LogP contribution in [0.5, 0.6) is 5.75 Å². The summed E-state index contributed by atoms with van der Waals surface area (Å²) >= 11 is 10.2. The van der Waals surface area contributed by atoms with Crippen molar-refractivity contribution in [1.82, 2.24) is 9.42 Å². The lowest BCUT2D eigenvalue weighted by atomic mass is 9.94. The first-order chi connectivity index (χ1) is 11.9. The number of rotatable bonds is 2. The Hall–Kier alpha value is -2.35. The van der Waals surface area contributed by atoms with Crippen molar-refractivity contribution in [2.45, 2.75) is 13.0 Å². The van der Waals surface area contributed by atoms with Gasteiger partial charge in [0, 0.05) is 12.1 Å². The highest BCUT2D eigenvalue weighted by Gasteiger charge is 2.55. The Morgan fingerprint density at radius 1 is 1.24 bits per heavy atom. The summed E-state index contributed by atoms with van der Waals surface area (Å²) < 4.78 is 5.59. The minimum Gasteiger partial charge on any atom is -0.476 e. The van der Waals surface area contributed by atoms with Crippen molar-refractivity contribution in [2.75, 3.05) is 0 Å². The summed E-state index contributed by atoms with van der Waals surface area (Å²) in [5, 5.41) is 9.82. The number of nitrogens with one attached hydrogen (secondary N) is 1. The molecule has 0 spiro atoms. The van der Waals surface area contributed by atoms with Crippen LogP contribution < -0.4 is 14.2 Å². The van der Waals surface area contributed by atoms with Gasteiger partial charge in [0.15, 0.2) is 17.4 Å². The van der Waals surface area contributed by atoms with Gasteiger partial charge in [0.2, 0.25) is 5.05 Å². The van der Waals surface area contributed by atoms with Crippen LogP contribution in [0.3, 0.4) is 0 Å². The first-order valence-corrected chi connectivity index (χ1v) is 8.48. The molecule has 0 fully saturated rings. The number of hydrogen-bond donors (Lipinski definition) is 3. The Morgan fingerprint density at radius 3 is 2.60 bits per heavy atom. The maximum atomic E-state index is 11.8. The molecule has 0 aromatic heterocycles. The second kappa shape index (κ2) is 5.59. The molecule has 5 nitrogen and oxygen atoms in total. The van der Waals surface area contributed by atoms with Crippen molar-refractivity contribution in [3.8, 4) is 5.75 Å². The van der Waals surface area contributed by atoms with Crippen LogP contribution in [0.25, 0.3) is 0 Å². The van der Waals surface area contributed by atoms with Crippen LogP contribution in [-0.2, 0) is 4.79 Å². The number of para-hydroxylation sites is 1. The Bertz CT molecular complexity index is 940. The second-order valence-corrected chi connectivity index (χ2v) is 7.06. The largest absolute Gasteiger partial charge is 0.476 e. The summed E-state index contributed by atoms with van der Waals surface area (Å²) in [6.45, 7) is 2.00. The van der Waals surface area contributed by atoms with Gasteiger partial charge < -0.3 is 9.84 Å². The van der Waals surface area contributed by atoms with E-state index in [-0.39, 0.29) is 14.7 Å². The first-order valence-electron chi connectivity index (χ1n) is 7.67. The molecule has 0 aliphatic carbocycles. The number of thiocarbonyl (C=S) groups is 1. The van der Waals surface area contributed by atoms with Gasteiger partial charge in [-0.05, 0) is 31.3 Å². The van der Waals surface area contributed by atoms with Crippen molar-refractivity contribution in [3.05, 3.63) is 70.9 Å². The summed E-state index contributed by atoms with van der Waals surface area (Å²) in [6.07, 6.45) is 0. The van der Waals surface area contributed by atoms with Crippen LogP contribution in [0.4, 0.5) is 5.69 Å². The number of nitrogens with zero attached hydrogens (tertiary/aromatic N) is 1. The van der Waals surface area contributed by atoms with Gasteiger partial charge in [-0.3, -0.25) is 0 Å². The van der Waals surface area contributed by atoms with Gasteiger partial charge in [0.05, 0.1) is 18.4 Å². The molecule has 7 heteroatoms. The van der Waals surface area contributed by atoms with E-state index in [0.717, 1.165) is 16.8 Å². The number of aryl methyl sites for hydroxylation is 1. The number of aliphatic carboxylic acids is 1. The van der Waals surface area contributed by atoms with E-state index >= 15 is 0 Å². The fourth-order valence-electron chi connectivity index (χ4n) is 3.29. The Kier molecular flexibility index (Phi) is 3.61. The van der Waals surface area contributed by atoms with E-state index in [1.807, 2.05) is 55.5 Å². The fourth-order valence-corrected chi connectivity index (χ4v) is 4.07. The summed E-state index contributed by atoms with van der Waals surface area (Å²) in [6, 6.07) is 14.9. The van der Waals surface area contributed by atoms with E-state index in [9.17, 15) is 9.90 Å². The van der Waals surface area contributed by atoms with E-state index in [2.05, 4.69) is 5.43 Å². The highest BCUT2D eigenvalue weighted by molar-refractivity contribution is 7.80. The molecule has 4 rings (SSSR count). The number of carboxylic acid groups (broad SMARTS) is 1. The monoisotopic (exact) mass is 371 g/mol. The number of hydrogen-bond acceptors (Lipinski definition) is 5. The fraction of sp³-hybridized carbons (Fsp3) is 0.111. The zero-order valence-electron chi connectivity index (χ0n) is 13.3. The molecular weight excluding hydrogens is 356 g/mol. The van der Waals surface area contributed by atoms with E-state index in [0.29, 0.717) is 11.3 Å². The Labute approximate surface area is 155 Å². The molecule has 25 heavy (non-hydrogen) atoms. The predicted octanol–water partition coefficient (Wildman–Crippen LogP) is 3.47. The van der Waals surface area contributed by atoms with Crippen molar-refractivity contribution in [2.24, 2.45) is 0 Å². The lowest BCUT2D eigenvalue weighted by molar-refractivity contribution is -0.133. The van der Waals surface area contributed by atoms with Gasteiger partial charge in [-0.1, -0.05) is 29.8 Å². The lowest BCUT2D eigenvalue weighted by Gasteiger charge is -2.35. The van der Waals surface area contributed by atoms with Crippen LogP contribution in [0.15, 0.2) is 59.8 Å². The Balaban J connectivity index is 1.97. The van der Waals surface area contributed by atoms with Gasteiger partial charge >= 0.3 is 5.97 Å². The second-order valence-electron chi connectivity index (χ2n) is 6.06. The Morgan fingerprint density at radius 2 is 1.92 bits per heavy atom. The van der Waals surface area contributed by atoms with Gasteiger partial charge in [-0.25, -0.2) is 10.2 Å². The van der Waals surface area contributed by atoms with Crippen LogP contribution >= 0.6 is 25.0 Å². The number of carboxylic acids is 1. The third-order valence-corrected chi connectivity index (χ3v) is 5.34. The molecule has 0 saturated carbocycles. The summed E-state index contributed by atoms with van der Waals surface area (Å²) in [5.41, 5.74) is 6.24. The molecule has 0 amide bonds. The normalized spacial score (nSPS) is 24.2. The maximum absolute atomic E-state index is 11.8. The standard InChI is InChI=1S/C18H14N2O3S2/c1-10-6-8-11(9-7-10)20(25)16-12-4-2-3-5-13(12)23-18(24)14(16)15(19-20)17(21)22/h2-9,16,25H,1H3,(H-,19,21,22,24)/p+1. The number of quaternary nitrogens is 1. The molecule has 0 bridgehead atoms. The molecule has 2 aliphatic rings. The first kappa shape index (κ1) is 16.1. The van der Waals surface area contributed by atoms with Crippen molar-refractivity contribution >= 4 is 41.7 Å². The molecule has 2 aromatic rings. The van der Waals surface area contributed by atoms with E-state index in [1.165, 1.54) is 0 Å². The third-order valence-electron chi connectivity index (χ3n) is 4.48. The van der Waals surface area contributed by atoms with Gasteiger partial charge in [0.25, 0.3) is 0 Å². The smallest absolute Gasteiger partial charge is 0.357 e. The van der Waals surface area contributed by atoms with Crippen LogP contribution in [-0.4, -0.2) is 16.1 Å². The summed E-state index contributed by atoms with van der Waals surface area (Å²) in [5.74, 6) is -0.468. The molecule has 2 heterocycles. The lowest BCUT2D eigenvalue weighted by Crippen LogP contribution is -2.50. The molecule has 126 valence electrons. The van der Waals surface area contributed by atoms with Crippen LogP contribution in [0, 0.1) is 6.92 Å². The zero-order chi connectivity index (χ0) is 17.8. The number of fused-ring (bicyclic) bond motifs is 3. The van der Waals surface area contributed by atoms with Crippen LogP contribution in [0.2, 0.25) is 0 Å². The number of benzene rings is 2. The molecule has 2 N–H and O–H groups in total.